The molecule has 1 aliphatic carbocycles. The van der Waals surface area contributed by atoms with E-state index in [2.05, 4.69) is 34.4 Å². The Labute approximate surface area is 113 Å². The molecular formula is C15H19N3O. The van der Waals surface area contributed by atoms with E-state index in [4.69, 9.17) is 10.3 Å². The highest BCUT2D eigenvalue weighted by molar-refractivity contribution is 5.36. The number of nitrogens with zero attached hydrogens (tertiary/aromatic N) is 2. The zero-order valence-corrected chi connectivity index (χ0v) is 11.2. The second-order valence-corrected chi connectivity index (χ2v) is 5.15. The molecule has 100 valence electrons. The van der Waals surface area contributed by atoms with Gasteiger partial charge >= 0.3 is 0 Å². The molecule has 0 aliphatic heterocycles. The van der Waals surface area contributed by atoms with E-state index < -0.39 is 0 Å². The van der Waals surface area contributed by atoms with Gasteiger partial charge in [-0.15, -0.1) is 0 Å². The second-order valence-electron chi connectivity index (χ2n) is 5.15. The van der Waals surface area contributed by atoms with E-state index in [9.17, 15) is 0 Å². The number of fused-ring (bicyclic) bond motifs is 1. The van der Waals surface area contributed by atoms with Gasteiger partial charge in [0.15, 0.2) is 5.82 Å². The van der Waals surface area contributed by atoms with Crippen LogP contribution in [0.3, 0.4) is 0 Å². The van der Waals surface area contributed by atoms with Crippen molar-refractivity contribution in [2.24, 2.45) is 5.73 Å². The first-order valence-electron chi connectivity index (χ1n) is 6.96. The number of benzene rings is 1. The van der Waals surface area contributed by atoms with Crippen LogP contribution in [0.15, 0.2) is 28.8 Å². The van der Waals surface area contributed by atoms with E-state index in [-0.39, 0.29) is 12.0 Å². The lowest BCUT2D eigenvalue weighted by molar-refractivity contribution is 0.346. The number of nitrogens with two attached hydrogens (primary N) is 1. The Hall–Kier alpha value is -1.68. The van der Waals surface area contributed by atoms with Crippen LogP contribution in [0.25, 0.3) is 0 Å². The lowest BCUT2D eigenvalue weighted by atomic mass is 9.82. The fraction of sp³-hybridized carbons (Fsp3) is 0.467. The molecule has 2 aromatic rings. The van der Waals surface area contributed by atoms with Crippen molar-refractivity contribution in [3.8, 4) is 0 Å². The maximum absolute atomic E-state index is 5.94. The minimum Gasteiger partial charge on any atom is -0.338 e. The molecule has 2 atom stereocenters. The minimum atomic E-state index is -0.153. The largest absolute Gasteiger partial charge is 0.338 e. The first kappa shape index (κ1) is 12.4. The molecule has 0 radical (unpaired) electrons. The van der Waals surface area contributed by atoms with Gasteiger partial charge in [0.05, 0.1) is 6.04 Å². The molecule has 0 saturated heterocycles. The Morgan fingerprint density at radius 2 is 2.26 bits per heavy atom. The second kappa shape index (κ2) is 5.13. The maximum Gasteiger partial charge on any atom is 0.243 e. The summed E-state index contributed by atoms with van der Waals surface area (Å²) in [5, 5.41) is 4.14. The summed E-state index contributed by atoms with van der Waals surface area (Å²) in [5.74, 6) is 1.60. The van der Waals surface area contributed by atoms with E-state index in [1.165, 1.54) is 17.5 Å². The van der Waals surface area contributed by atoms with Gasteiger partial charge in [0, 0.05) is 5.92 Å². The van der Waals surface area contributed by atoms with Gasteiger partial charge in [0.2, 0.25) is 5.89 Å². The summed E-state index contributed by atoms with van der Waals surface area (Å²) in [6.45, 7) is 2.02. The van der Waals surface area contributed by atoms with Crippen LogP contribution in [0.1, 0.15) is 61.0 Å². The molecule has 0 fully saturated rings. The molecular weight excluding hydrogens is 238 g/mol. The average molecular weight is 257 g/mol. The van der Waals surface area contributed by atoms with Crippen LogP contribution >= 0.6 is 0 Å². The van der Waals surface area contributed by atoms with Crippen LogP contribution in [0.2, 0.25) is 0 Å². The van der Waals surface area contributed by atoms with Gasteiger partial charge in [-0.25, -0.2) is 0 Å². The predicted octanol–water partition coefficient (Wildman–Crippen LogP) is 2.95. The molecule has 19 heavy (non-hydrogen) atoms. The van der Waals surface area contributed by atoms with Crippen LogP contribution in [0.4, 0.5) is 0 Å². The SMILES string of the molecule is CC[C@@H](N)c1nc(C2CCCc3ccccc32)no1. The lowest BCUT2D eigenvalue weighted by Crippen LogP contribution is -2.13. The molecule has 0 bridgehead atoms. The smallest absolute Gasteiger partial charge is 0.243 e. The maximum atomic E-state index is 5.94. The fourth-order valence-electron chi connectivity index (χ4n) is 2.74. The number of aryl methyl sites for hydroxylation is 1. The molecule has 3 rings (SSSR count). The van der Waals surface area contributed by atoms with E-state index >= 15 is 0 Å². The summed E-state index contributed by atoms with van der Waals surface area (Å²) < 4.78 is 5.30. The van der Waals surface area contributed by atoms with Crippen LogP contribution < -0.4 is 5.73 Å². The average Bonchev–Trinajstić information content (AvgIpc) is 2.95. The van der Waals surface area contributed by atoms with E-state index in [1.807, 2.05) is 6.92 Å². The zero-order valence-electron chi connectivity index (χ0n) is 11.2. The van der Waals surface area contributed by atoms with Crippen LogP contribution in [-0.2, 0) is 6.42 Å². The topological polar surface area (TPSA) is 64.9 Å². The number of aromatic nitrogens is 2. The predicted molar refractivity (Wildman–Crippen MR) is 72.7 cm³/mol. The Morgan fingerprint density at radius 1 is 1.42 bits per heavy atom. The van der Waals surface area contributed by atoms with Gasteiger partial charge in [-0.2, -0.15) is 4.98 Å². The summed E-state index contributed by atoms with van der Waals surface area (Å²) in [5.41, 5.74) is 8.68. The van der Waals surface area contributed by atoms with Gasteiger partial charge in [-0.05, 0) is 36.8 Å². The van der Waals surface area contributed by atoms with E-state index in [1.54, 1.807) is 0 Å². The summed E-state index contributed by atoms with van der Waals surface area (Å²) in [7, 11) is 0. The third-order valence-corrected chi connectivity index (χ3v) is 3.90. The molecule has 1 aromatic heterocycles. The Bertz CT molecular complexity index is 564. The van der Waals surface area contributed by atoms with Crippen LogP contribution in [0.5, 0.6) is 0 Å². The normalized spacial score (nSPS) is 20.0. The van der Waals surface area contributed by atoms with E-state index in [0.717, 1.165) is 25.1 Å². The Balaban J connectivity index is 1.93. The first-order valence-corrected chi connectivity index (χ1v) is 6.96. The van der Waals surface area contributed by atoms with Crippen molar-refractivity contribution < 1.29 is 4.52 Å². The molecule has 0 amide bonds. The molecule has 1 unspecified atom stereocenters. The molecule has 4 nitrogen and oxygen atoms in total. The van der Waals surface area contributed by atoms with Crippen molar-refractivity contribution in [1.82, 2.24) is 10.1 Å². The molecule has 1 aromatic carbocycles. The summed E-state index contributed by atoms with van der Waals surface area (Å²) in [6, 6.07) is 8.39. The molecule has 1 heterocycles. The number of hydrogen-bond acceptors (Lipinski definition) is 4. The monoisotopic (exact) mass is 257 g/mol. The highest BCUT2D eigenvalue weighted by Gasteiger charge is 2.26. The van der Waals surface area contributed by atoms with Crippen LogP contribution in [-0.4, -0.2) is 10.1 Å². The fourth-order valence-corrected chi connectivity index (χ4v) is 2.74. The molecule has 0 saturated carbocycles. The number of rotatable bonds is 3. The highest BCUT2D eigenvalue weighted by atomic mass is 16.5. The zero-order chi connectivity index (χ0) is 13.2. The van der Waals surface area contributed by atoms with Gasteiger partial charge in [0.1, 0.15) is 0 Å². The van der Waals surface area contributed by atoms with Crippen molar-refractivity contribution >= 4 is 0 Å². The standard InChI is InChI=1S/C15H19N3O/c1-2-13(16)15-17-14(18-19-15)12-9-5-7-10-6-3-4-8-11(10)12/h3-4,6,8,12-13H,2,5,7,9,16H2,1H3/t12?,13-/m1/s1. The Kier molecular flexibility index (Phi) is 3.34. The van der Waals surface area contributed by atoms with Crippen molar-refractivity contribution in [2.75, 3.05) is 0 Å². The molecule has 0 spiro atoms. The third-order valence-electron chi connectivity index (χ3n) is 3.90. The summed E-state index contributed by atoms with van der Waals surface area (Å²) >= 11 is 0. The molecule has 4 heteroatoms. The van der Waals surface area contributed by atoms with Crippen molar-refractivity contribution in [3.63, 3.8) is 0 Å². The van der Waals surface area contributed by atoms with E-state index in [0.29, 0.717) is 5.89 Å². The van der Waals surface area contributed by atoms with Crippen molar-refractivity contribution in [3.05, 3.63) is 47.1 Å². The summed E-state index contributed by atoms with van der Waals surface area (Å²) in [4.78, 5) is 4.50. The summed E-state index contributed by atoms with van der Waals surface area (Å²) in [6.07, 6.45) is 4.21. The lowest BCUT2D eigenvalue weighted by Gasteiger charge is -2.22. The Morgan fingerprint density at radius 3 is 3.11 bits per heavy atom. The quantitative estimate of drug-likeness (QED) is 0.918. The number of hydrogen-bond donors (Lipinski definition) is 1. The van der Waals surface area contributed by atoms with Gasteiger partial charge in [-0.3, -0.25) is 0 Å². The van der Waals surface area contributed by atoms with Gasteiger partial charge < -0.3 is 10.3 Å². The van der Waals surface area contributed by atoms with Crippen molar-refractivity contribution in [1.29, 1.82) is 0 Å². The molecule has 2 N–H and O–H groups in total. The van der Waals surface area contributed by atoms with Gasteiger partial charge in [-0.1, -0.05) is 36.3 Å². The van der Waals surface area contributed by atoms with Gasteiger partial charge in [0.25, 0.3) is 0 Å². The highest BCUT2D eigenvalue weighted by Crippen LogP contribution is 2.35. The third kappa shape index (κ3) is 2.28. The van der Waals surface area contributed by atoms with Crippen LogP contribution in [0, 0.1) is 0 Å². The molecule has 1 aliphatic rings. The minimum absolute atomic E-state index is 0.153. The first-order chi connectivity index (χ1) is 9.29. The van der Waals surface area contributed by atoms with Crippen molar-refractivity contribution in [2.45, 2.75) is 44.6 Å².